The number of ether oxygens (including phenoxy) is 1. The number of hydrogen-bond acceptors (Lipinski definition) is 4. The van der Waals surface area contributed by atoms with Crippen molar-refractivity contribution in [3.05, 3.63) is 54.1 Å². The molecule has 1 saturated carbocycles. The molecule has 1 heterocycles. The molecule has 0 bridgehead atoms. The van der Waals surface area contributed by atoms with Crippen LogP contribution in [0.5, 0.6) is 5.75 Å². The second-order valence-corrected chi connectivity index (χ2v) is 9.33. The van der Waals surface area contributed by atoms with Gasteiger partial charge in [0, 0.05) is 12.1 Å². The van der Waals surface area contributed by atoms with Gasteiger partial charge in [0.1, 0.15) is 11.5 Å². The van der Waals surface area contributed by atoms with Crippen molar-refractivity contribution < 1.29 is 9.53 Å². The Morgan fingerprint density at radius 3 is 2.60 bits per heavy atom. The van der Waals surface area contributed by atoms with Crippen LogP contribution in [-0.4, -0.2) is 18.1 Å². The van der Waals surface area contributed by atoms with E-state index in [9.17, 15) is 4.79 Å². The maximum Gasteiger partial charge on any atom is 0.144 e. The Morgan fingerprint density at radius 2 is 1.83 bits per heavy atom. The Balaban J connectivity index is 1.63. The topological polar surface area (TPSA) is 50.7 Å². The van der Waals surface area contributed by atoms with Crippen molar-refractivity contribution in [2.24, 2.45) is 16.3 Å². The first-order valence-electron chi connectivity index (χ1n) is 11.2. The van der Waals surface area contributed by atoms with Gasteiger partial charge >= 0.3 is 0 Å². The van der Waals surface area contributed by atoms with E-state index in [-0.39, 0.29) is 23.2 Å². The highest BCUT2D eigenvalue weighted by atomic mass is 16.5. The summed E-state index contributed by atoms with van der Waals surface area (Å²) in [7, 11) is 0. The number of hydrogen-bond donors (Lipinski definition) is 1. The van der Waals surface area contributed by atoms with Crippen LogP contribution in [0.3, 0.4) is 0 Å². The Hall–Kier alpha value is -2.62. The van der Waals surface area contributed by atoms with Gasteiger partial charge in [0.25, 0.3) is 0 Å². The van der Waals surface area contributed by atoms with Crippen LogP contribution in [0.2, 0.25) is 0 Å². The van der Waals surface area contributed by atoms with Crippen LogP contribution in [0.25, 0.3) is 0 Å². The molecule has 0 spiro atoms. The lowest BCUT2D eigenvalue weighted by Crippen LogP contribution is -2.42. The van der Waals surface area contributed by atoms with E-state index in [1.807, 2.05) is 36.4 Å². The lowest BCUT2D eigenvalue weighted by molar-refractivity contribution is -0.124. The SMILES string of the molecule is CCCCCOc1ccc([C@@H]2Nc3ccccc3N=C3CC(C)(C)CC(=O)[C@H]32)cc1. The van der Waals surface area contributed by atoms with E-state index in [4.69, 9.17) is 9.73 Å². The Bertz CT molecular complexity index is 930. The number of anilines is 1. The van der Waals surface area contributed by atoms with Crippen LogP contribution in [0.4, 0.5) is 11.4 Å². The zero-order valence-electron chi connectivity index (χ0n) is 18.3. The molecule has 4 rings (SSSR count). The van der Waals surface area contributed by atoms with Gasteiger partial charge < -0.3 is 10.1 Å². The number of nitrogens with one attached hydrogen (secondary N) is 1. The number of fused-ring (bicyclic) bond motifs is 2. The molecular formula is C26H32N2O2. The molecule has 0 amide bonds. The van der Waals surface area contributed by atoms with Crippen LogP contribution in [0.1, 0.15) is 64.5 Å². The monoisotopic (exact) mass is 404 g/mol. The Kier molecular flexibility index (Phi) is 5.94. The molecule has 0 unspecified atom stereocenters. The summed E-state index contributed by atoms with van der Waals surface area (Å²) in [5.74, 6) is 0.922. The predicted octanol–water partition coefficient (Wildman–Crippen LogP) is 6.50. The summed E-state index contributed by atoms with van der Waals surface area (Å²) < 4.78 is 5.88. The van der Waals surface area contributed by atoms with Crippen molar-refractivity contribution in [3.8, 4) is 5.75 Å². The van der Waals surface area contributed by atoms with E-state index in [1.54, 1.807) is 0 Å². The fraction of sp³-hybridized carbons (Fsp3) is 0.462. The summed E-state index contributed by atoms with van der Waals surface area (Å²) >= 11 is 0. The standard InChI is InChI=1S/C26H32N2O2/c1-4-5-8-15-30-19-13-11-18(12-14-19)25-24-22(16-26(2,3)17-23(24)29)27-20-9-6-7-10-21(20)28-25/h6-7,9-14,24-25,28H,4-5,8,15-17H2,1-3H3/t24-,25-/m0/s1. The summed E-state index contributed by atoms with van der Waals surface area (Å²) in [5.41, 5.74) is 3.94. The average Bonchev–Trinajstić information content (AvgIpc) is 2.87. The second-order valence-electron chi connectivity index (χ2n) is 9.33. The number of aliphatic imine (C=N–C) groups is 1. The normalized spacial score (nSPS) is 22.2. The molecule has 2 atom stereocenters. The van der Waals surface area contributed by atoms with Crippen LogP contribution in [0.15, 0.2) is 53.5 Å². The molecule has 2 aromatic rings. The van der Waals surface area contributed by atoms with Gasteiger partial charge in [0.15, 0.2) is 0 Å². The van der Waals surface area contributed by atoms with Crippen molar-refractivity contribution in [2.75, 3.05) is 11.9 Å². The van der Waals surface area contributed by atoms with Crippen LogP contribution in [-0.2, 0) is 4.79 Å². The van der Waals surface area contributed by atoms with Gasteiger partial charge in [-0.2, -0.15) is 0 Å². The third kappa shape index (κ3) is 4.43. The summed E-state index contributed by atoms with van der Waals surface area (Å²) in [6.45, 7) is 7.26. The van der Waals surface area contributed by atoms with E-state index in [0.29, 0.717) is 6.42 Å². The number of ketones is 1. The maximum atomic E-state index is 13.3. The van der Waals surface area contributed by atoms with Crippen molar-refractivity contribution >= 4 is 22.9 Å². The van der Waals surface area contributed by atoms with E-state index >= 15 is 0 Å². The number of carbonyl (C=O) groups excluding carboxylic acids is 1. The van der Waals surface area contributed by atoms with E-state index in [2.05, 4.69) is 38.2 Å². The third-order valence-electron chi connectivity index (χ3n) is 6.09. The molecule has 0 aromatic heterocycles. The first-order chi connectivity index (χ1) is 14.5. The molecule has 1 aliphatic carbocycles. The zero-order valence-corrected chi connectivity index (χ0v) is 18.3. The molecule has 4 heteroatoms. The minimum Gasteiger partial charge on any atom is -0.494 e. The van der Waals surface area contributed by atoms with Gasteiger partial charge in [-0.3, -0.25) is 9.79 Å². The van der Waals surface area contributed by atoms with Gasteiger partial charge in [-0.05, 0) is 48.1 Å². The molecule has 158 valence electrons. The minimum absolute atomic E-state index is 0.0492. The largest absolute Gasteiger partial charge is 0.494 e. The lowest BCUT2D eigenvalue weighted by Gasteiger charge is -2.37. The number of para-hydroxylation sites is 2. The molecule has 1 fully saturated rings. The fourth-order valence-corrected chi connectivity index (χ4v) is 4.61. The smallest absolute Gasteiger partial charge is 0.144 e. The molecule has 2 aliphatic rings. The number of rotatable bonds is 6. The second kappa shape index (κ2) is 8.63. The minimum atomic E-state index is -0.234. The molecule has 4 nitrogen and oxygen atoms in total. The number of nitrogens with zero attached hydrogens (tertiary/aromatic N) is 1. The maximum absolute atomic E-state index is 13.3. The number of Topliss-reactive ketones (excluding diaryl/α,β-unsaturated/α-hetero) is 1. The van der Waals surface area contributed by atoms with Crippen LogP contribution in [0, 0.1) is 11.3 Å². The highest BCUT2D eigenvalue weighted by molar-refractivity contribution is 6.10. The third-order valence-corrected chi connectivity index (χ3v) is 6.09. The van der Waals surface area contributed by atoms with Crippen molar-refractivity contribution in [2.45, 2.75) is 58.9 Å². The molecule has 1 aliphatic heterocycles. The first-order valence-corrected chi connectivity index (χ1v) is 11.2. The van der Waals surface area contributed by atoms with E-state index in [0.717, 1.165) is 47.8 Å². The summed E-state index contributed by atoms with van der Waals surface area (Å²) in [6.07, 6.45) is 4.88. The van der Waals surface area contributed by atoms with Gasteiger partial charge in [-0.25, -0.2) is 0 Å². The Morgan fingerprint density at radius 1 is 1.07 bits per heavy atom. The van der Waals surface area contributed by atoms with Gasteiger partial charge in [-0.1, -0.05) is 57.9 Å². The fourth-order valence-electron chi connectivity index (χ4n) is 4.61. The van der Waals surface area contributed by atoms with Crippen LogP contribution >= 0.6 is 0 Å². The molecule has 0 radical (unpaired) electrons. The highest BCUT2D eigenvalue weighted by Gasteiger charge is 2.43. The number of benzene rings is 2. The zero-order chi connectivity index (χ0) is 21.1. The van der Waals surface area contributed by atoms with E-state index < -0.39 is 0 Å². The van der Waals surface area contributed by atoms with Gasteiger partial charge in [0.05, 0.1) is 29.9 Å². The number of unbranched alkanes of at least 4 members (excludes halogenated alkanes) is 2. The predicted molar refractivity (Wildman–Crippen MR) is 123 cm³/mol. The van der Waals surface area contributed by atoms with Gasteiger partial charge in [-0.15, -0.1) is 0 Å². The Labute approximate surface area is 179 Å². The molecule has 0 saturated heterocycles. The quantitative estimate of drug-likeness (QED) is 0.559. The highest BCUT2D eigenvalue weighted by Crippen LogP contribution is 2.45. The van der Waals surface area contributed by atoms with E-state index in [1.165, 1.54) is 12.8 Å². The van der Waals surface area contributed by atoms with Crippen molar-refractivity contribution in [3.63, 3.8) is 0 Å². The molecular weight excluding hydrogens is 372 g/mol. The summed E-state index contributed by atoms with van der Waals surface area (Å²) in [4.78, 5) is 18.2. The lowest BCUT2D eigenvalue weighted by atomic mass is 9.68. The molecule has 2 aromatic carbocycles. The van der Waals surface area contributed by atoms with Gasteiger partial charge in [0.2, 0.25) is 0 Å². The summed E-state index contributed by atoms with van der Waals surface area (Å²) in [6, 6.07) is 16.2. The first kappa shape index (κ1) is 20.6. The van der Waals surface area contributed by atoms with Crippen LogP contribution < -0.4 is 10.1 Å². The number of carbonyl (C=O) groups is 1. The average molecular weight is 405 g/mol. The summed E-state index contributed by atoms with van der Waals surface area (Å²) in [5, 5.41) is 3.64. The van der Waals surface area contributed by atoms with Crippen molar-refractivity contribution in [1.82, 2.24) is 0 Å². The molecule has 30 heavy (non-hydrogen) atoms. The molecule has 1 N–H and O–H groups in total. The van der Waals surface area contributed by atoms with Crippen molar-refractivity contribution in [1.29, 1.82) is 0 Å².